The van der Waals surface area contributed by atoms with Gasteiger partial charge in [-0.3, -0.25) is 4.79 Å². The molecule has 1 aromatic carbocycles. The van der Waals surface area contributed by atoms with Gasteiger partial charge < -0.3 is 15.1 Å². The zero-order valence-electron chi connectivity index (χ0n) is 12.4. The number of benzene rings is 1. The van der Waals surface area contributed by atoms with Gasteiger partial charge in [-0.2, -0.15) is 0 Å². The van der Waals surface area contributed by atoms with E-state index in [1.165, 1.54) is 0 Å². The van der Waals surface area contributed by atoms with Crippen LogP contribution in [0.15, 0.2) is 24.3 Å². The predicted octanol–water partition coefficient (Wildman–Crippen LogP) is 1.99. The summed E-state index contributed by atoms with van der Waals surface area (Å²) < 4.78 is 0. The molecule has 0 saturated carbocycles. The Morgan fingerprint density at radius 2 is 2.05 bits per heavy atom. The lowest BCUT2D eigenvalue weighted by atomic mass is 9.88. The number of piperazine rings is 1. The third kappa shape index (κ3) is 3.01. The van der Waals surface area contributed by atoms with Crippen molar-refractivity contribution in [3.05, 3.63) is 29.3 Å². The molecule has 21 heavy (non-hydrogen) atoms. The van der Waals surface area contributed by atoms with Crippen LogP contribution in [0.2, 0.25) is 5.02 Å². The lowest BCUT2D eigenvalue weighted by Gasteiger charge is -2.39. The summed E-state index contributed by atoms with van der Waals surface area (Å²) in [5, 5.41) is 4.06. The van der Waals surface area contributed by atoms with Gasteiger partial charge in [0, 0.05) is 43.4 Å². The number of anilines is 1. The summed E-state index contributed by atoms with van der Waals surface area (Å²) in [5.74, 6) is 0.304. The van der Waals surface area contributed by atoms with Gasteiger partial charge in [0.15, 0.2) is 0 Å². The van der Waals surface area contributed by atoms with Crippen LogP contribution in [0.1, 0.15) is 13.3 Å². The van der Waals surface area contributed by atoms with Crippen molar-refractivity contribution in [3.8, 4) is 0 Å². The first kappa shape index (κ1) is 14.7. The molecule has 2 aliphatic rings. The molecule has 3 rings (SSSR count). The summed E-state index contributed by atoms with van der Waals surface area (Å²) in [7, 11) is 0. The average Bonchev–Trinajstić information content (AvgIpc) is 2.95. The van der Waals surface area contributed by atoms with Crippen LogP contribution in [0.25, 0.3) is 0 Å². The maximum Gasteiger partial charge on any atom is 0.229 e. The SMILES string of the molecule is CC1(C(=O)N2CCN(c3cccc(Cl)c3)CC2)CCNC1. The van der Waals surface area contributed by atoms with Crippen molar-refractivity contribution < 1.29 is 4.79 Å². The fraction of sp³-hybridized carbons (Fsp3) is 0.562. The number of carbonyl (C=O) groups excluding carboxylic acids is 1. The van der Waals surface area contributed by atoms with Gasteiger partial charge in [-0.15, -0.1) is 0 Å². The smallest absolute Gasteiger partial charge is 0.229 e. The van der Waals surface area contributed by atoms with Gasteiger partial charge in [-0.25, -0.2) is 0 Å². The second-order valence-corrected chi connectivity index (χ2v) is 6.68. The van der Waals surface area contributed by atoms with Crippen LogP contribution in [-0.2, 0) is 4.79 Å². The largest absolute Gasteiger partial charge is 0.368 e. The lowest BCUT2D eigenvalue weighted by molar-refractivity contribution is -0.140. The van der Waals surface area contributed by atoms with Crippen molar-refractivity contribution in [2.45, 2.75) is 13.3 Å². The second-order valence-electron chi connectivity index (χ2n) is 6.25. The van der Waals surface area contributed by atoms with Crippen LogP contribution < -0.4 is 10.2 Å². The fourth-order valence-corrected chi connectivity index (χ4v) is 3.41. The van der Waals surface area contributed by atoms with Crippen molar-refractivity contribution >= 4 is 23.2 Å². The zero-order chi connectivity index (χ0) is 14.9. The second kappa shape index (κ2) is 5.85. The Morgan fingerprint density at radius 3 is 2.67 bits per heavy atom. The highest BCUT2D eigenvalue weighted by Crippen LogP contribution is 2.28. The molecular formula is C16H22ClN3O. The molecule has 0 radical (unpaired) electrons. The Balaban J connectivity index is 1.61. The van der Waals surface area contributed by atoms with Gasteiger partial charge in [0.25, 0.3) is 0 Å². The molecule has 1 N–H and O–H groups in total. The minimum absolute atomic E-state index is 0.210. The standard InChI is InChI=1S/C16H22ClN3O/c1-16(5-6-18-12-16)15(21)20-9-7-19(8-10-20)14-4-2-3-13(17)11-14/h2-4,11,18H,5-10,12H2,1H3. The summed E-state index contributed by atoms with van der Waals surface area (Å²) >= 11 is 6.05. The molecule has 114 valence electrons. The van der Waals surface area contributed by atoms with Crippen molar-refractivity contribution in [3.63, 3.8) is 0 Å². The zero-order valence-corrected chi connectivity index (χ0v) is 13.2. The van der Waals surface area contributed by atoms with E-state index >= 15 is 0 Å². The molecule has 2 fully saturated rings. The summed E-state index contributed by atoms with van der Waals surface area (Å²) in [4.78, 5) is 17.0. The molecule has 1 unspecified atom stereocenters. The Kier molecular flexibility index (Phi) is 4.09. The van der Waals surface area contributed by atoms with Crippen molar-refractivity contribution in [1.29, 1.82) is 0 Å². The highest BCUT2D eigenvalue weighted by atomic mass is 35.5. The molecular weight excluding hydrogens is 286 g/mol. The van der Waals surface area contributed by atoms with Crippen LogP contribution in [0, 0.1) is 5.41 Å². The predicted molar refractivity (Wildman–Crippen MR) is 85.8 cm³/mol. The highest BCUT2D eigenvalue weighted by Gasteiger charge is 2.39. The van der Waals surface area contributed by atoms with E-state index < -0.39 is 0 Å². The molecule has 1 atom stereocenters. The van der Waals surface area contributed by atoms with E-state index in [2.05, 4.69) is 23.2 Å². The Hall–Kier alpha value is -1.26. The van der Waals surface area contributed by atoms with E-state index in [1.807, 2.05) is 23.1 Å². The molecule has 4 nitrogen and oxygen atoms in total. The average molecular weight is 308 g/mol. The number of nitrogens with one attached hydrogen (secondary N) is 1. The first-order valence-electron chi connectivity index (χ1n) is 7.59. The van der Waals surface area contributed by atoms with Gasteiger partial charge >= 0.3 is 0 Å². The molecule has 2 aliphatic heterocycles. The maximum atomic E-state index is 12.7. The van der Waals surface area contributed by atoms with E-state index in [0.717, 1.165) is 56.4 Å². The molecule has 5 heteroatoms. The van der Waals surface area contributed by atoms with Gasteiger partial charge in [-0.1, -0.05) is 17.7 Å². The van der Waals surface area contributed by atoms with Crippen molar-refractivity contribution in [2.75, 3.05) is 44.2 Å². The van der Waals surface area contributed by atoms with E-state index in [4.69, 9.17) is 11.6 Å². The Labute approximate surface area is 131 Å². The molecule has 1 amide bonds. The lowest BCUT2D eigenvalue weighted by Crippen LogP contribution is -2.53. The van der Waals surface area contributed by atoms with Gasteiger partial charge in [0.05, 0.1) is 5.41 Å². The van der Waals surface area contributed by atoms with Crippen molar-refractivity contribution in [1.82, 2.24) is 10.2 Å². The van der Waals surface area contributed by atoms with Crippen LogP contribution in [-0.4, -0.2) is 50.1 Å². The molecule has 0 aliphatic carbocycles. The minimum atomic E-state index is -0.210. The fourth-order valence-electron chi connectivity index (χ4n) is 3.22. The van der Waals surface area contributed by atoms with Gasteiger partial charge in [0.1, 0.15) is 0 Å². The van der Waals surface area contributed by atoms with Crippen LogP contribution in [0.4, 0.5) is 5.69 Å². The molecule has 2 heterocycles. The van der Waals surface area contributed by atoms with Crippen LogP contribution >= 0.6 is 11.6 Å². The number of carbonyl (C=O) groups is 1. The molecule has 0 aromatic heterocycles. The third-order valence-corrected chi connectivity index (χ3v) is 4.86. The summed E-state index contributed by atoms with van der Waals surface area (Å²) in [6.07, 6.45) is 0.945. The van der Waals surface area contributed by atoms with Gasteiger partial charge in [0.2, 0.25) is 5.91 Å². The number of rotatable bonds is 2. The quantitative estimate of drug-likeness (QED) is 0.907. The minimum Gasteiger partial charge on any atom is -0.368 e. The molecule has 2 saturated heterocycles. The summed E-state index contributed by atoms with van der Waals surface area (Å²) in [6.45, 7) is 7.16. The van der Waals surface area contributed by atoms with Gasteiger partial charge in [-0.05, 0) is 38.1 Å². The summed E-state index contributed by atoms with van der Waals surface area (Å²) in [6, 6.07) is 7.92. The first-order valence-corrected chi connectivity index (χ1v) is 7.97. The number of hydrogen-bond acceptors (Lipinski definition) is 3. The number of halogens is 1. The Morgan fingerprint density at radius 1 is 1.29 bits per heavy atom. The third-order valence-electron chi connectivity index (χ3n) is 4.63. The Bertz CT molecular complexity index is 520. The van der Waals surface area contributed by atoms with Crippen molar-refractivity contribution in [2.24, 2.45) is 5.41 Å². The van der Waals surface area contributed by atoms with E-state index in [1.54, 1.807) is 0 Å². The maximum absolute atomic E-state index is 12.7. The molecule has 0 spiro atoms. The molecule has 0 bridgehead atoms. The monoisotopic (exact) mass is 307 g/mol. The van der Waals surface area contributed by atoms with E-state index in [-0.39, 0.29) is 5.41 Å². The summed E-state index contributed by atoms with van der Waals surface area (Å²) in [5.41, 5.74) is 0.932. The van der Waals surface area contributed by atoms with E-state index in [9.17, 15) is 4.79 Å². The normalized spacial score (nSPS) is 26.2. The topological polar surface area (TPSA) is 35.6 Å². The van der Waals surface area contributed by atoms with Crippen LogP contribution in [0.5, 0.6) is 0 Å². The van der Waals surface area contributed by atoms with E-state index in [0.29, 0.717) is 5.91 Å². The highest BCUT2D eigenvalue weighted by molar-refractivity contribution is 6.30. The molecule has 1 aromatic rings. The number of nitrogens with zero attached hydrogens (tertiary/aromatic N) is 2. The number of hydrogen-bond donors (Lipinski definition) is 1. The number of amides is 1. The first-order chi connectivity index (χ1) is 10.1. The van der Waals surface area contributed by atoms with Crippen LogP contribution in [0.3, 0.4) is 0 Å².